The molecule has 0 bridgehead atoms. The number of hydrogen-bond donors (Lipinski definition) is 2. The molecule has 0 aliphatic heterocycles. The van der Waals surface area contributed by atoms with Gasteiger partial charge >= 0.3 is 0 Å². The first-order chi connectivity index (χ1) is 17.3. The minimum Gasteiger partial charge on any atom is -0.494 e. The smallest absolute Gasteiger partial charge is 0.261 e. The van der Waals surface area contributed by atoms with Gasteiger partial charge < -0.3 is 10.1 Å². The fraction of sp³-hybridized carbons (Fsp3) is 0.200. The molecule has 0 unspecified atom stereocenters. The number of methoxy groups -OCH3 is 1. The highest BCUT2D eigenvalue weighted by molar-refractivity contribution is 7.80. The highest BCUT2D eigenvalue weighted by Gasteiger charge is 2.18. The number of hydrogen-bond acceptors (Lipinski definition) is 5. The van der Waals surface area contributed by atoms with Crippen molar-refractivity contribution < 1.29 is 9.53 Å². The molecule has 0 aliphatic rings. The van der Waals surface area contributed by atoms with E-state index in [1.54, 1.807) is 16.9 Å². The van der Waals surface area contributed by atoms with E-state index in [-0.39, 0.29) is 26.5 Å². The zero-order valence-corrected chi connectivity index (χ0v) is 22.5. The molecule has 36 heavy (non-hydrogen) atoms. The fourth-order valence-electron chi connectivity index (χ4n) is 3.59. The van der Waals surface area contributed by atoms with Crippen LogP contribution < -0.4 is 15.4 Å². The van der Waals surface area contributed by atoms with Crippen LogP contribution in [-0.4, -0.2) is 33.1 Å². The van der Waals surface area contributed by atoms with Crippen LogP contribution in [-0.2, 0) is 6.42 Å². The number of benzene rings is 3. The molecule has 7 nitrogen and oxygen atoms in total. The first-order valence-electron chi connectivity index (χ1n) is 11.1. The molecule has 4 rings (SSSR count). The Balaban J connectivity index is 1.51. The van der Waals surface area contributed by atoms with Gasteiger partial charge in [0, 0.05) is 5.02 Å². The molecule has 0 aliphatic carbocycles. The molecular weight excluding hydrogens is 541 g/mol. The third kappa shape index (κ3) is 5.90. The maximum Gasteiger partial charge on any atom is 0.261 e. The molecule has 0 saturated carbocycles. The summed E-state index contributed by atoms with van der Waals surface area (Å²) < 4.78 is 5.23. The summed E-state index contributed by atoms with van der Waals surface area (Å²) in [4.78, 5) is 14.3. The van der Waals surface area contributed by atoms with E-state index < -0.39 is 5.91 Å². The second kappa shape index (κ2) is 11.4. The predicted molar refractivity (Wildman–Crippen MR) is 149 cm³/mol. The van der Waals surface area contributed by atoms with Gasteiger partial charge in [0.05, 0.1) is 34.1 Å². The number of unbranched alkanes of at least 4 members (excludes halogenated alkanes) is 1. The number of aromatic nitrogens is 3. The number of ether oxygens (including phenoxy) is 1. The van der Waals surface area contributed by atoms with Gasteiger partial charge in [-0.25, -0.2) is 0 Å². The van der Waals surface area contributed by atoms with Crippen molar-refractivity contribution in [1.29, 1.82) is 0 Å². The normalized spacial score (nSPS) is 10.9. The van der Waals surface area contributed by atoms with Crippen molar-refractivity contribution in [2.45, 2.75) is 26.2 Å². The zero-order chi connectivity index (χ0) is 25.8. The summed E-state index contributed by atoms with van der Waals surface area (Å²) in [7, 11) is 1.41. The summed E-state index contributed by atoms with van der Waals surface area (Å²) in [5.74, 6) is -0.352. The van der Waals surface area contributed by atoms with Crippen LogP contribution in [0.1, 0.15) is 35.7 Å². The third-order valence-corrected chi connectivity index (χ3v) is 6.40. The Morgan fingerprint density at radius 3 is 2.39 bits per heavy atom. The lowest BCUT2D eigenvalue weighted by atomic mass is 10.1. The summed E-state index contributed by atoms with van der Waals surface area (Å²) in [6.07, 6.45) is 3.35. The average Bonchev–Trinajstić information content (AvgIpc) is 3.25. The van der Waals surface area contributed by atoms with Gasteiger partial charge in [-0.2, -0.15) is 4.80 Å². The van der Waals surface area contributed by atoms with E-state index in [1.165, 1.54) is 24.8 Å². The van der Waals surface area contributed by atoms with Crippen molar-refractivity contribution in [1.82, 2.24) is 20.3 Å². The standard InChI is InChI=1S/C25H22Cl3N5O2S/c1-3-4-5-14-6-8-16(9-7-14)33-31-21-12-18(27)20(13-22(21)32-33)29-25(36)30-24(34)17-10-15(26)11-19(28)23(17)35-2/h6-13H,3-5H2,1-2H3,(H2,29,30,34,36). The molecule has 0 spiro atoms. The molecule has 0 saturated heterocycles. The van der Waals surface area contributed by atoms with Gasteiger partial charge in [0.15, 0.2) is 5.11 Å². The van der Waals surface area contributed by atoms with Crippen LogP contribution in [0.3, 0.4) is 0 Å². The van der Waals surface area contributed by atoms with Gasteiger partial charge in [-0.3, -0.25) is 10.1 Å². The Labute approximate surface area is 228 Å². The van der Waals surface area contributed by atoms with E-state index in [1.807, 2.05) is 12.1 Å². The Kier molecular flexibility index (Phi) is 8.31. The van der Waals surface area contributed by atoms with E-state index in [0.717, 1.165) is 24.9 Å². The summed E-state index contributed by atoms with van der Waals surface area (Å²) in [6, 6.07) is 14.5. The van der Waals surface area contributed by atoms with Gasteiger partial charge in [0.25, 0.3) is 5.91 Å². The average molecular weight is 563 g/mol. The second-order valence-corrected chi connectivity index (χ2v) is 9.62. The molecule has 3 aromatic carbocycles. The van der Waals surface area contributed by atoms with E-state index >= 15 is 0 Å². The van der Waals surface area contributed by atoms with Crippen LogP contribution in [0.15, 0.2) is 48.5 Å². The number of amides is 1. The van der Waals surface area contributed by atoms with E-state index in [9.17, 15) is 4.79 Å². The van der Waals surface area contributed by atoms with Gasteiger partial charge in [-0.15, -0.1) is 10.2 Å². The molecule has 0 fully saturated rings. The highest BCUT2D eigenvalue weighted by Crippen LogP contribution is 2.32. The number of aryl methyl sites for hydroxylation is 1. The van der Waals surface area contributed by atoms with Crippen LogP contribution in [0, 0.1) is 0 Å². The maximum absolute atomic E-state index is 12.8. The molecule has 2 N–H and O–H groups in total. The number of carbonyl (C=O) groups is 1. The van der Waals surface area contributed by atoms with Crippen LogP contribution in [0.5, 0.6) is 5.75 Å². The number of carbonyl (C=O) groups excluding carboxylic acids is 1. The molecule has 1 aromatic heterocycles. The largest absolute Gasteiger partial charge is 0.494 e. The van der Waals surface area contributed by atoms with E-state index in [0.29, 0.717) is 21.7 Å². The molecular formula is C25H22Cl3N5O2S. The number of fused-ring (bicyclic) bond motifs is 1. The molecule has 0 radical (unpaired) electrons. The quantitative estimate of drug-likeness (QED) is 0.240. The van der Waals surface area contributed by atoms with Gasteiger partial charge in [0.1, 0.15) is 16.8 Å². The third-order valence-electron chi connectivity index (χ3n) is 5.39. The van der Waals surface area contributed by atoms with Crippen LogP contribution in [0.4, 0.5) is 5.69 Å². The Bertz CT molecular complexity index is 1440. The van der Waals surface area contributed by atoms with Crippen LogP contribution >= 0.6 is 47.0 Å². The monoisotopic (exact) mass is 561 g/mol. The number of anilines is 1. The summed E-state index contributed by atoms with van der Waals surface area (Å²) in [5.41, 5.74) is 3.95. The Morgan fingerprint density at radius 1 is 1.03 bits per heavy atom. The van der Waals surface area contributed by atoms with Crippen molar-refractivity contribution in [3.8, 4) is 11.4 Å². The van der Waals surface area contributed by atoms with E-state index in [4.69, 9.17) is 51.8 Å². The lowest BCUT2D eigenvalue weighted by Gasteiger charge is -2.13. The number of rotatable bonds is 7. The lowest BCUT2D eigenvalue weighted by Crippen LogP contribution is -2.34. The van der Waals surface area contributed by atoms with Gasteiger partial charge in [0.2, 0.25) is 0 Å². The lowest BCUT2D eigenvalue weighted by molar-refractivity contribution is 0.0974. The highest BCUT2D eigenvalue weighted by atomic mass is 35.5. The number of nitrogens with zero attached hydrogens (tertiary/aromatic N) is 3. The van der Waals surface area contributed by atoms with Crippen molar-refractivity contribution in [3.63, 3.8) is 0 Å². The first-order valence-corrected chi connectivity index (χ1v) is 12.6. The maximum atomic E-state index is 12.8. The molecule has 186 valence electrons. The SMILES string of the molecule is CCCCc1ccc(-n2nc3cc(Cl)c(NC(=S)NC(=O)c4cc(Cl)cc(Cl)c4OC)cc3n2)cc1. The number of halogens is 3. The van der Waals surface area contributed by atoms with Crippen molar-refractivity contribution in [3.05, 3.63) is 74.7 Å². The van der Waals surface area contributed by atoms with Crippen molar-refractivity contribution >= 4 is 74.8 Å². The second-order valence-electron chi connectivity index (χ2n) is 7.96. The number of thiocarbonyl (C=S) groups is 1. The summed E-state index contributed by atoms with van der Waals surface area (Å²) >= 11 is 23.9. The van der Waals surface area contributed by atoms with E-state index in [2.05, 4.69) is 39.9 Å². The topological polar surface area (TPSA) is 81.1 Å². The van der Waals surface area contributed by atoms with Gasteiger partial charge in [-0.1, -0.05) is 60.3 Å². The predicted octanol–water partition coefficient (Wildman–Crippen LogP) is 6.86. The molecule has 1 heterocycles. The Morgan fingerprint density at radius 2 is 1.72 bits per heavy atom. The molecule has 0 atom stereocenters. The summed E-state index contributed by atoms with van der Waals surface area (Å²) in [6.45, 7) is 2.18. The zero-order valence-electron chi connectivity index (χ0n) is 19.4. The molecule has 4 aromatic rings. The fourth-order valence-corrected chi connectivity index (χ4v) is 4.56. The van der Waals surface area contributed by atoms with Crippen LogP contribution in [0.2, 0.25) is 15.1 Å². The van der Waals surface area contributed by atoms with Crippen molar-refractivity contribution in [2.75, 3.05) is 12.4 Å². The van der Waals surface area contributed by atoms with Crippen molar-refractivity contribution in [2.24, 2.45) is 0 Å². The molecule has 1 amide bonds. The van der Waals surface area contributed by atoms with Crippen LogP contribution in [0.25, 0.3) is 16.7 Å². The summed E-state index contributed by atoms with van der Waals surface area (Å²) in [5, 5.41) is 15.5. The minimum absolute atomic E-state index is 0.0226. The minimum atomic E-state index is -0.542. The molecule has 11 heteroatoms. The first kappa shape index (κ1) is 26.2. The number of nitrogens with one attached hydrogen (secondary N) is 2. The Hall–Kier alpha value is -2.91. The van der Waals surface area contributed by atoms with Gasteiger partial charge in [-0.05, 0) is 67.0 Å².